The molecule has 6 heteroatoms. The van der Waals surface area contributed by atoms with E-state index >= 15 is 0 Å². The molecule has 0 aromatic rings. The first-order chi connectivity index (χ1) is 8.72. The lowest BCUT2D eigenvalue weighted by atomic mass is 10.2. The van der Waals surface area contributed by atoms with Gasteiger partial charge in [0, 0.05) is 39.9 Å². The summed E-state index contributed by atoms with van der Waals surface area (Å²) >= 11 is 0. The summed E-state index contributed by atoms with van der Waals surface area (Å²) in [7, 11) is 1.51. The Kier molecular flexibility index (Phi) is 4.54. The van der Waals surface area contributed by atoms with Gasteiger partial charge in [0.2, 0.25) is 5.91 Å². The molecule has 0 N–H and O–H groups in total. The molecule has 0 unspecified atom stereocenters. The van der Waals surface area contributed by atoms with Gasteiger partial charge in [0.25, 0.3) is 5.91 Å². The van der Waals surface area contributed by atoms with E-state index in [1.807, 2.05) is 0 Å². The Morgan fingerprint density at radius 3 is 2.44 bits per heavy atom. The van der Waals surface area contributed by atoms with E-state index in [1.165, 1.54) is 7.11 Å². The van der Waals surface area contributed by atoms with E-state index in [0.29, 0.717) is 32.8 Å². The van der Waals surface area contributed by atoms with Crippen molar-refractivity contribution < 1.29 is 19.1 Å². The maximum absolute atomic E-state index is 12.1. The molecule has 102 valence electrons. The molecule has 2 rings (SSSR count). The fourth-order valence-corrected chi connectivity index (χ4v) is 2.37. The molecule has 2 fully saturated rings. The van der Waals surface area contributed by atoms with Crippen molar-refractivity contribution in [3.63, 3.8) is 0 Å². The third-order valence-corrected chi connectivity index (χ3v) is 3.42. The van der Waals surface area contributed by atoms with Crippen LogP contribution in [0.3, 0.4) is 0 Å². The normalized spacial score (nSPS) is 24.4. The van der Waals surface area contributed by atoms with Gasteiger partial charge in [-0.2, -0.15) is 0 Å². The molecular weight excluding hydrogens is 236 g/mol. The zero-order valence-electron chi connectivity index (χ0n) is 10.8. The number of ether oxygens (including phenoxy) is 2. The predicted octanol–water partition coefficient (Wildman–Crippen LogP) is -0.517. The summed E-state index contributed by atoms with van der Waals surface area (Å²) in [5, 5.41) is 0. The van der Waals surface area contributed by atoms with E-state index in [2.05, 4.69) is 0 Å². The van der Waals surface area contributed by atoms with E-state index < -0.39 is 0 Å². The highest BCUT2D eigenvalue weighted by Crippen LogP contribution is 2.15. The molecular formula is C12H20N2O4. The monoisotopic (exact) mass is 256 g/mol. The van der Waals surface area contributed by atoms with Crippen molar-refractivity contribution in [1.29, 1.82) is 0 Å². The standard InChI is InChI=1S/C12H20N2O4/c1-17-9-11(15)13-4-6-14(7-5-13)12(16)10-3-2-8-18-10/h10H,2-9H2,1H3/t10-/m0/s1. The van der Waals surface area contributed by atoms with Gasteiger partial charge in [-0.25, -0.2) is 0 Å². The fourth-order valence-electron chi connectivity index (χ4n) is 2.37. The molecule has 0 bridgehead atoms. The topological polar surface area (TPSA) is 59.1 Å². The van der Waals surface area contributed by atoms with Gasteiger partial charge in [-0.3, -0.25) is 9.59 Å². The summed E-state index contributed by atoms with van der Waals surface area (Å²) in [4.78, 5) is 27.2. The highest BCUT2D eigenvalue weighted by atomic mass is 16.5. The maximum atomic E-state index is 12.1. The minimum atomic E-state index is -0.258. The van der Waals surface area contributed by atoms with Crippen LogP contribution in [0.4, 0.5) is 0 Å². The quantitative estimate of drug-likeness (QED) is 0.682. The number of carbonyl (C=O) groups excluding carboxylic acids is 2. The molecule has 2 amide bonds. The van der Waals surface area contributed by atoms with Gasteiger partial charge in [0.1, 0.15) is 12.7 Å². The van der Waals surface area contributed by atoms with E-state index in [1.54, 1.807) is 9.80 Å². The number of nitrogens with zero attached hydrogens (tertiary/aromatic N) is 2. The lowest BCUT2D eigenvalue weighted by molar-refractivity contribution is -0.147. The summed E-state index contributed by atoms with van der Waals surface area (Å²) < 4.78 is 10.2. The highest BCUT2D eigenvalue weighted by Gasteiger charge is 2.31. The molecule has 0 saturated carbocycles. The number of methoxy groups -OCH3 is 1. The largest absolute Gasteiger partial charge is 0.375 e. The van der Waals surface area contributed by atoms with Crippen LogP contribution in [0.2, 0.25) is 0 Å². The number of piperazine rings is 1. The predicted molar refractivity (Wildman–Crippen MR) is 64.0 cm³/mol. The number of carbonyl (C=O) groups is 2. The Labute approximate surface area is 107 Å². The van der Waals surface area contributed by atoms with Gasteiger partial charge in [-0.05, 0) is 12.8 Å². The summed E-state index contributed by atoms with van der Waals surface area (Å²) in [5.41, 5.74) is 0. The average Bonchev–Trinajstić information content (AvgIpc) is 2.92. The van der Waals surface area contributed by atoms with Gasteiger partial charge in [0.05, 0.1) is 0 Å². The molecule has 0 aromatic heterocycles. The zero-order valence-corrected chi connectivity index (χ0v) is 10.8. The van der Waals surface area contributed by atoms with Crippen molar-refractivity contribution in [3.8, 4) is 0 Å². The summed E-state index contributed by atoms with van der Waals surface area (Å²) in [6, 6.07) is 0. The van der Waals surface area contributed by atoms with Crippen molar-refractivity contribution >= 4 is 11.8 Å². The summed E-state index contributed by atoms with van der Waals surface area (Å²) in [6.45, 7) is 3.14. The molecule has 6 nitrogen and oxygen atoms in total. The SMILES string of the molecule is COCC(=O)N1CCN(C(=O)[C@@H]2CCCO2)CC1. The molecule has 2 aliphatic heterocycles. The number of amides is 2. The van der Waals surface area contributed by atoms with Gasteiger partial charge in [-0.15, -0.1) is 0 Å². The van der Waals surface area contributed by atoms with Crippen molar-refractivity contribution in [3.05, 3.63) is 0 Å². The van der Waals surface area contributed by atoms with Crippen molar-refractivity contribution in [1.82, 2.24) is 9.80 Å². The molecule has 0 aliphatic carbocycles. The second kappa shape index (κ2) is 6.15. The molecule has 2 aliphatic rings. The first-order valence-electron chi connectivity index (χ1n) is 6.39. The van der Waals surface area contributed by atoms with Crippen LogP contribution in [0, 0.1) is 0 Å². The first kappa shape index (κ1) is 13.3. The van der Waals surface area contributed by atoms with Gasteiger partial charge in [-0.1, -0.05) is 0 Å². The third kappa shape index (κ3) is 3.00. The highest BCUT2D eigenvalue weighted by molar-refractivity contribution is 5.82. The van der Waals surface area contributed by atoms with E-state index in [4.69, 9.17) is 9.47 Å². The fraction of sp³-hybridized carbons (Fsp3) is 0.833. The van der Waals surface area contributed by atoms with E-state index in [9.17, 15) is 9.59 Å². The summed E-state index contributed by atoms with van der Waals surface area (Å²) in [5.74, 6) is 0.0630. The Hall–Kier alpha value is -1.14. The molecule has 0 radical (unpaired) electrons. The summed E-state index contributed by atoms with van der Waals surface area (Å²) in [6.07, 6.45) is 1.52. The lowest BCUT2D eigenvalue weighted by Gasteiger charge is -2.35. The van der Waals surface area contributed by atoms with Gasteiger partial charge >= 0.3 is 0 Å². The van der Waals surface area contributed by atoms with E-state index in [0.717, 1.165) is 12.8 Å². The smallest absolute Gasteiger partial charge is 0.251 e. The number of rotatable bonds is 3. The lowest BCUT2D eigenvalue weighted by Crippen LogP contribution is -2.53. The van der Waals surface area contributed by atoms with Crippen LogP contribution >= 0.6 is 0 Å². The molecule has 0 spiro atoms. The van der Waals surface area contributed by atoms with Gasteiger partial charge < -0.3 is 19.3 Å². The molecule has 2 heterocycles. The van der Waals surface area contributed by atoms with Crippen LogP contribution in [0.25, 0.3) is 0 Å². The second-order valence-corrected chi connectivity index (χ2v) is 4.64. The molecule has 0 aromatic carbocycles. The Morgan fingerprint density at radius 2 is 1.89 bits per heavy atom. The number of hydrogen-bond acceptors (Lipinski definition) is 4. The zero-order chi connectivity index (χ0) is 13.0. The Morgan fingerprint density at radius 1 is 1.22 bits per heavy atom. The minimum absolute atomic E-state index is 0.0123. The van der Waals surface area contributed by atoms with Crippen LogP contribution < -0.4 is 0 Å². The minimum Gasteiger partial charge on any atom is -0.375 e. The van der Waals surface area contributed by atoms with Crippen LogP contribution in [-0.4, -0.2) is 74.2 Å². The van der Waals surface area contributed by atoms with E-state index in [-0.39, 0.29) is 24.5 Å². The van der Waals surface area contributed by atoms with Crippen LogP contribution in [0.15, 0.2) is 0 Å². The van der Waals surface area contributed by atoms with Crippen molar-refractivity contribution in [2.45, 2.75) is 18.9 Å². The number of hydrogen-bond donors (Lipinski definition) is 0. The first-order valence-corrected chi connectivity index (χ1v) is 6.39. The molecule has 18 heavy (non-hydrogen) atoms. The average molecular weight is 256 g/mol. The van der Waals surface area contributed by atoms with Crippen LogP contribution in [0.5, 0.6) is 0 Å². The second-order valence-electron chi connectivity index (χ2n) is 4.64. The van der Waals surface area contributed by atoms with Crippen LogP contribution in [-0.2, 0) is 19.1 Å². The third-order valence-electron chi connectivity index (χ3n) is 3.42. The maximum Gasteiger partial charge on any atom is 0.251 e. The Balaban J connectivity index is 1.79. The van der Waals surface area contributed by atoms with Crippen molar-refractivity contribution in [2.24, 2.45) is 0 Å². The Bertz CT molecular complexity index is 307. The van der Waals surface area contributed by atoms with Crippen molar-refractivity contribution in [2.75, 3.05) is 46.5 Å². The van der Waals surface area contributed by atoms with Gasteiger partial charge in [0.15, 0.2) is 0 Å². The molecule has 2 saturated heterocycles. The van der Waals surface area contributed by atoms with Crippen LogP contribution in [0.1, 0.15) is 12.8 Å². The molecule has 1 atom stereocenters.